The quantitative estimate of drug-likeness (QED) is 0.745. The molecule has 0 saturated carbocycles. The summed E-state index contributed by atoms with van der Waals surface area (Å²) in [5, 5.41) is 0. The fraction of sp³-hybridized carbons (Fsp3) is 0.316. The van der Waals surface area contributed by atoms with Gasteiger partial charge in [0.2, 0.25) is 0 Å². The Balaban J connectivity index is 1.93. The molecular formula is C19H23NO2S. The maximum absolute atomic E-state index is 12.6. The number of hydrogen-bond acceptors (Lipinski definition) is 3. The number of ether oxygens (including phenoxy) is 1. The van der Waals surface area contributed by atoms with E-state index < -0.39 is 0 Å². The Bertz CT molecular complexity index is 668. The minimum absolute atomic E-state index is 0.0332. The van der Waals surface area contributed by atoms with E-state index in [0.29, 0.717) is 13.2 Å². The third-order valence-electron chi connectivity index (χ3n) is 3.74. The maximum Gasteiger partial charge on any atom is 0.254 e. The molecule has 0 saturated heterocycles. The molecule has 23 heavy (non-hydrogen) atoms. The number of carbonyl (C=O) groups is 1. The van der Waals surface area contributed by atoms with Crippen molar-refractivity contribution in [2.24, 2.45) is 0 Å². The molecule has 0 spiro atoms. The minimum Gasteiger partial charge on any atom is -0.492 e. The van der Waals surface area contributed by atoms with Crippen molar-refractivity contribution in [1.29, 1.82) is 0 Å². The van der Waals surface area contributed by atoms with Crippen LogP contribution in [-0.2, 0) is 0 Å². The Kier molecular flexibility index (Phi) is 6.11. The molecule has 1 amide bonds. The molecule has 0 N–H and O–H groups in total. The molecular weight excluding hydrogens is 306 g/mol. The zero-order chi connectivity index (χ0) is 16.8. The summed E-state index contributed by atoms with van der Waals surface area (Å²) in [5.41, 5.74) is 2.96. The van der Waals surface area contributed by atoms with Crippen molar-refractivity contribution in [3.05, 3.63) is 59.2 Å². The van der Waals surface area contributed by atoms with Crippen molar-refractivity contribution < 1.29 is 9.53 Å². The van der Waals surface area contributed by atoms with Gasteiger partial charge in [0, 0.05) is 17.5 Å². The van der Waals surface area contributed by atoms with Gasteiger partial charge in [0.25, 0.3) is 5.91 Å². The lowest BCUT2D eigenvalue weighted by atomic mass is 10.1. The summed E-state index contributed by atoms with van der Waals surface area (Å²) in [7, 11) is 1.81. The van der Waals surface area contributed by atoms with Crippen LogP contribution in [0.1, 0.15) is 21.5 Å². The lowest BCUT2D eigenvalue weighted by Gasteiger charge is -2.19. The van der Waals surface area contributed by atoms with E-state index in [-0.39, 0.29) is 5.91 Å². The SMILES string of the molecule is CSc1ccc(C)c(C(=O)N(C)CCOc2ccc(C)cc2)c1. The summed E-state index contributed by atoms with van der Waals surface area (Å²) >= 11 is 1.64. The molecule has 0 bridgehead atoms. The number of hydrogen-bond donors (Lipinski definition) is 0. The number of carbonyl (C=O) groups excluding carboxylic acids is 1. The van der Waals surface area contributed by atoms with E-state index in [9.17, 15) is 4.79 Å². The third kappa shape index (κ3) is 4.76. The van der Waals surface area contributed by atoms with Crippen molar-refractivity contribution in [2.75, 3.05) is 26.5 Å². The van der Waals surface area contributed by atoms with Crippen molar-refractivity contribution >= 4 is 17.7 Å². The molecule has 3 nitrogen and oxygen atoms in total. The molecule has 4 heteroatoms. The van der Waals surface area contributed by atoms with E-state index in [0.717, 1.165) is 21.8 Å². The van der Waals surface area contributed by atoms with E-state index in [1.54, 1.807) is 16.7 Å². The van der Waals surface area contributed by atoms with Gasteiger partial charge >= 0.3 is 0 Å². The van der Waals surface area contributed by atoms with E-state index in [2.05, 4.69) is 0 Å². The van der Waals surface area contributed by atoms with Gasteiger partial charge in [-0.2, -0.15) is 0 Å². The van der Waals surface area contributed by atoms with Crippen molar-refractivity contribution in [3.8, 4) is 5.75 Å². The number of nitrogens with zero attached hydrogens (tertiary/aromatic N) is 1. The van der Waals surface area contributed by atoms with Crippen molar-refractivity contribution in [2.45, 2.75) is 18.7 Å². The normalized spacial score (nSPS) is 10.4. The molecule has 2 aromatic carbocycles. The second-order valence-corrected chi connectivity index (χ2v) is 6.45. The first kappa shape index (κ1) is 17.4. The van der Waals surface area contributed by atoms with E-state index in [4.69, 9.17) is 4.74 Å². The van der Waals surface area contributed by atoms with Crippen LogP contribution in [0.4, 0.5) is 0 Å². The van der Waals surface area contributed by atoms with Gasteiger partial charge < -0.3 is 9.64 Å². The summed E-state index contributed by atoms with van der Waals surface area (Å²) in [5.74, 6) is 0.864. The van der Waals surface area contributed by atoms with Crippen LogP contribution in [0.5, 0.6) is 5.75 Å². The summed E-state index contributed by atoms with van der Waals surface area (Å²) in [6.45, 7) is 5.04. The summed E-state index contributed by atoms with van der Waals surface area (Å²) < 4.78 is 5.69. The van der Waals surface area contributed by atoms with Crippen LogP contribution in [0.2, 0.25) is 0 Å². The van der Waals surface area contributed by atoms with Crippen LogP contribution in [0.15, 0.2) is 47.4 Å². The van der Waals surface area contributed by atoms with Gasteiger partial charge in [-0.15, -0.1) is 11.8 Å². The molecule has 0 radical (unpaired) electrons. The van der Waals surface area contributed by atoms with E-state index >= 15 is 0 Å². The Morgan fingerprint density at radius 3 is 2.48 bits per heavy atom. The fourth-order valence-corrected chi connectivity index (χ4v) is 2.64. The summed E-state index contributed by atoms with van der Waals surface area (Å²) in [6, 6.07) is 13.9. The molecule has 0 aliphatic rings. The van der Waals surface area contributed by atoms with E-state index in [1.165, 1.54) is 5.56 Å². The first-order valence-electron chi connectivity index (χ1n) is 7.61. The molecule has 0 aliphatic carbocycles. The van der Waals surface area contributed by atoms with Crippen LogP contribution in [-0.4, -0.2) is 37.3 Å². The van der Waals surface area contributed by atoms with Crippen molar-refractivity contribution in [3.63, 3.8) is 0 Å². The molecule has 0 aromatic heterocycles. The predicted molar refractivity (Wildman–Crippen MR) is 96.6 cm³/mol. The summed E-state index contributed by atoms with van der Waals surface area (Å²) in [4.78, 5) is 15.4. The van der Waals surface area contributed by atoms with Crippen LogP contribution in [0, 0.1) is 13.8 Å². The van der Waals surface area contributed by atoms with Gasteiger partial charge in [-0.3, -0.25) is 4.79 Å². The first-order valence-corrected chi connectivity index (χ1v) is 8.83. The molecule has 2 aromatic rings. The number of thioether (sulfide) groups is 1. The van der Waals surface area contributed by atoms with E-state index in [1.807, 2.05) is 69.6 Å². The topological polar surface area (TPSA) is 29.5 Å². The second-order valence-electron chi connectivity index (χ2n) is 5.57. The highest BCUT2D eigenvalue weighted by atomic mass is 32.2. The molecule has 0 aliphatic heterocycles. The zero-order valence-electron chi connectivity index (χ0n) is 14.1. The van der Waals surface area contributed by atoms with Gasteiger partial charge in [0.05, 0.1) is 6.54 Å². The number of amides is 1. The Labute approximate surface area is 142 Å². The first-order chi connectivity index (χ1) is 11.0. The van der Waals surface area contributed by atoms with Gasteiger partial charge in [0.1, 0.15) is 12.4 Å². The Morgan fingerprint density at radius 2 is 1.83 bits per heavy atom. The highest BCUT2D eigenvalue weighted by Gasteiger charge is 2.14. The average Bonchev–Trinajstić information content (AvgIpc) is 2.56. The zero-order valence-corrected chi connectivity index (χ0v) is 14.9. The van der Waals surface area contributed by atoms with Crippen LogP contribution < -0.4 is 4.74 Å². The van der Waals surface area contributed by atoms with Crippen LogP contribution >= 0.6 is 11.8 Å². The van der Waals surface area contributed by atoms with Gasteiger partial charge in [-0.05, 0) is 49.9 Å². The lowest BCUT2D eigenvalue weighted by molar-refractivity contribution is 0.0773. The number of benzene rings is 2. The number of likely N-dealkylation sites (N-methyl/N-ethyl adjacent to an activating group) is 1. The average molecular weight is 329 g/mol. The van der Waals surface area contributed by atoms with Crippen LogP contribution in [0.25, 0.3) is 0 Å². The molecule has 0 unspecified atom stereocenters. The molecule has 0 atom stereocenters. The molecule has 0 fully saturated rings. The summed E-state index contributed by atoms with van der Waals surface area (Å²) in [6.07, 6.45) is 2.01. The largest absolute Gasteiger partial charge is 0.492 e. The fourth-order valence-electron chi connectivity index (χ4n) is 2.20. The van der Waals surface area contributed by atoms with Gasteiger partial charge in [0.15, 0.2) is 0 Å². The standard InChI is InChI=1S/C19H23NO2S/c1-14-5-8-16(9-6-14)22-12-11-20(3)19(21)18-13-17(23-4)10-7-15(18)2/h5-10,13H,11-12H2,1-4H3. The number of aryl methyl sites for hydroxylation is 2. The number of rotatable bonds is 6. The molecule has 2 rings (SSSR count). The molecule has 0 heterocycles. The van der Waals surface area contributed by atoms with Crippen molar-refractivity contribution in [1.82, 2.24) is 4.90 Å². The van der Waals surface area contributed by atoms with Crippen LogP contribution in [0.3, 0.4) is 0 Å². The smallest absolute Gasteiger partial charge is 0.254 e. The lowest BCUT2D eigenvalue weighted by Crippen LogP contribution is -2.31. The highest BCUT2D eigenvalue weighted by molar-refractivity contribution is 7.98. The molecule has 122 valence electrons. The second kappa shape index (κ2) is 8.06. The minimum atomic E-state index is 0.0332. The predicted octanol–water partition coefficient (Wildman–Crippen LogP) is 4.18. The van der Waals surface area contributed by atoms with Gasteiger partial charge in [-0.1, -0.05) is 23.8 Å². The Morgan fingerprint density at radius 1 is 1.13 bits per heavy atom. The third-order valence-corrected chi connectivity index (χ3v) is 4.46. The maximum atomic E-state index is 12.6. The Hall–Kier alpha value is -1.94. The highest BCUT2D eigenvalue weighted by Crippen LogP contribution is 2.20. The monoisotopic (exact) mass is 329 g/mol. The van der Waals surface area contributed by atoms with Gasteiger partial charge in [-0.25, -0.2) is 0 Å².